The van der Waals surface area contributed by atoms with Crippen molar-refractivity contribution in [2.75, 3.05) is 32.6 Å². The van der Waals surface area contributed by atoms with E-state index in [1.54, 1.807) is 35.1 Å². The molecule has 0 bridgehead atoms. The molecule has 31 heavy (non-hydrogen) atoms. The Labute approximate surface area is 176 Å². The van der Waals surface area contributed by atoms with Gasteiger partial charge in [-0.05, 0) is 37.2 Å². The van der Waals surface area contributed by atoms with E-state index in [1.165, 1.54) is 7.11 Å². The molecule has 4 heterocycles. The molecule has 10 heteroatoms. The second-order valence-corrected chi connectivity index (χ2v) is 7.71. The number of nitrogens with zero attached hydrogens (tertiary/aromatic N) is 6. The number of anilines is 1. The lowest BCUT2D eigenvalue weighted by Crippen LogP contribution is -2.53. The van der Waals surface area contributed by atoms with Crippen LogP contribution in [0.3, 0.4) is 0 Å². The van der Waals surface area contributed by atoms with Gasteiger partial charge in [-0.25, -0.2) is 13.3 Å². The molecule has 1 N–H and O–H groups in total. The number of rotatable bonds is 4. The SMILES string of the molecule is COc1nc(N[C@@H]2CCN(C)CC2(F)F)nn2ccc(-c3ccc4nccnc4c3)c12. The Morgan fingerprint density at radius 3 is 2.74 bits per heavy atom. The zero-order chi connectivity index (χ0) is 21.6. The number of ether oxygens (including phenoxy) is 1. The standard InChI is InChI=1S/C21H21F2N7O/c1-29-9-6-17(21(22,23)12-29)26-20-27-19(31-2)18-14(5-10-30(18)28-20)13-3-4-15-16(11-13)25-8-7-24-15/h3-5,7-8,10-11,17H,6,9,12H2,1-2H3,(H,26,28)/t17-/m1/s1. The number of aromatic nitrogens is 5. The van der Waals surface area contributed by atoms with E-state index < -0.39 is 12.0 Å². The summed E-state index contributed by atoms with van der Waals surface area (Å²) in [4.78, 5) is 14.6. The first kappa shape index (κ1) is 19.6. The van der Waals surface area contributed by atoms with Gasteiger partial charge in [0, 0.05) is 30.7 Å². The maximum Gasteiger partial charge on any atom is 0.280 e. The molecule has 0 unspecified atom stereocenters. The van der Waals surface area contributed by atoms with Crippen molar-refractivity contribution in [3.63, 3.8) is 0 Å². The van der Waals surface area contributed by atoms with Crippen molar-refractivity contribution >= 4 is 22.5 Å². The highest BCUT2D eigenvalue weighted by molar-refractivity contribution is 5.89. The quantitative estimate of drug-likeness (QED) is 0.538. The number of methoxy groups -OCH3 is 1. The van der Waals surface area contributed by atoms with Gasteiger partial charge in [0.2, 0.25) is 11.8 Å². The van der Waals surface area contributed by atoms with E-state index in [1.807, 2.05) is 24.3 Å². The molecule has 1 aromatic carbocycles. The van der Waals surface area contributed by atoms with Gasteiger partial charge in [-0.15, -0.1) is 5.10 Å². The van der Waals surface area contributed by atoms with Crippen LogP contribution in [0.5, 0.6) is 5.88 Å². The predicted octanol–water partition coefficient (Wildman–Crippen LogP) is 3.10. The van der Waals surface area contributed by atoms with Gasteiger partial charge in [0.15, 0.2) is 0 Å². The number of halogens is 2. The molecule has 8 nitrogen and oxygen atoms in total. The largest absolute Gasteiger partial charge is 0.479 e. The summed E-state index contributed by atoms with van der Waals surface area (Å²) in [6.07, 6.45) is 5.34. The molecule has 0 aliphatic carbocycles. The van der Waals surface area contributed by atoms with Crippen LogP contribution in [0.25, 0.3) is 27.7 Å². The Bertz CT molecular complexity index is 1260. The Balaban J connectivity index is 1.53. The molecule has 0 radical (unpaired) electrons. The summed E-state index contributed by atoms with van der Waals surface area (Å²) < 4.78 is 36.0. The van der Waals surface area contributed by atoms with Gasteiger partial charge in [-0.3, -0.25) is 9.97 Å². The lowest BCUT2D eigenvalue weighted by molar-refractivity contribution is -0.0675. The fourth-order valence-corrected chi connectivity index (χ4v) is 4.00. The van der Waals surface area contributed by atoms with Crippen molar-refractivity contribution in [1.29, 1.82) is 0 Å². The summed E-state index contributed by atoms with van der Waals surface area (Å²) >= 11 is 0. The molecule has 0 saturated carbocycles. The van der Waals surface area contributed by atoms with Crippen molar-refractivity contribution in [1.82, 2.24) is 29.5 Å². The first-order valence-electron chi connectivity index (χ1n) is 9.92. The van der Waals surface area contributed by atoms with Crippen molar-refractivity contribution in [2.24, 2.45) is 0 Å². The number of piperidine rings is 1. The van der Waals surface area contributed by atoms with Gasteiger partial charge in [-0.1, -0.05) is 6.07 Å². The summed E-state index contributed by atoms with van der Waals surface area (Å²) in [5.74, 6) is -2.48. The summed E-state index contributed by atoms with van der Waals surface area (Å²) in [6.45, 7) is 0.272. The van der Waals surface area contributed by atoms with Crippen LogP contribution in [0.15, 0.2) is 42.9 Å². The number of hydrogen-bond donors (Lipinski definition) is 1. The van der Waals surface area contributed by atoms with E-state index in [2.05, 4.69) is 25.4 Å². The highest BCUT2D eigenvalue weighted by Crippen LogP contribution is 2.33. The zero-order valence-corrected chi connectivity index (χ0v) is 17.1. The molecular weight excluding hydrogens is 404 g/mol. The molecule has 3 aromatic heterocycles. The van der Waals surface area contributed by atoms with E-state index in [4.69, 9.17) is 4.74 Å². The maximum atomic E-state index is 14.4. The van der Waals surface area contributed by atoms with E-state index in [0.29, 0.717) is 24.4 Å². The monoisotopic (exact) mass is 425 g/mol. The molecule has 1 aliphatic rings. The lowest BCUT2D eigenvalue weighted by Gasteiger charge is -2.36. The van der Waals surface area contributed by atoms with E-state index in [9.17, 15) is 8.78 Å². The molecule has 5 rings (SSSR count). The lowest BCUT2D eigenvalue weighted by atomic mass is 10.0. The van der Waals surface area contributed by atoms with Crippen LogP contribution >= 0.6 is 0 Å². The van der Waals surface area contributed by atoms with Crippen LogP contribution in [0.4, 0.5) is 14.7 Å². The third-order valence-electron chi connectivity index (χ3n) is 5.55. The Kier molecular flexibility index (Phi) is 4.66. The molecule has 1 saturated heterocycles. The van der Waals surface area contributed by atoms with Gasteiger partial charge in [0.25, 0.3) is 5.92 Å². The normalized spacial score (nSPS) is 19.0. The van der Waals surface area contributed by atoms with Crippen molar-refractivity contribution in [3.05, 3.63) is 42.9 Å². The van der Waals surface area contributed by atoms with Crippen LogP contribution < -0.4 is 10.1 Å². The number of likely N-dealkylation sites (tertiary alicyclic amines) is 1. The number of fused-ring (bicyclic) bond motifs is 2. The second kappa shape index (κ2) is 7.38. The summed E-state index contributed by atoms with van der Waals surface area (Å²) in [7, 11) is 3.19. The first-order valence-corrected chi connectivity index (χ1v) is 9.92. The maximum absolute atomic E-state index is 14.4. The minimum absolute atomic E-state index is 0.102. The Hall–Kier alpha value is -3.40. The van der Waals surface area contributed by atoms with Crippen LogP contribution in [-0.4, -0.2) is 68.7 Å². The Morgan fingerprint density at radius 1 is 1.16 bits per heavy atom. The van der Waals surface area contributed by atoms with Gasteiger partial charge in [0.1, 0.15) is 5.52 Å². The average Bonchev–Trinajstić information content (AvgIpc) is 3.18. The number of benzene rings is 1. The molecule has 1 aliphatic heterocycles. The van der Waals surface area contributed by atoms with Crippen LogP contribution in [0, 0.1) is 0 Å². The van der Waals surface area contributed by atoms with Crippen LogP contribution in [0.1, 0.15) is 6.42 Å². The fourth-order valence-electron chi connectivity index (χ4n) is 4.00. The molecule has 1 atom stereocenters. The van der Waals surface area contributed by atoms with Gasteiger partial charge >= 0.3 is 0 Å². The van der Waals surface area contributed by atoms with Crippen molar-refractivity contribution in [2.45, 2.75) is 18.4 Å². The van der Waals surface area contributed by atoms with E-state index in [0.717, 1.165) is 22.2 Å². The summed E-state index contributed by atoms with van der Waals surface area (Å²) in [5, 5.41) is 7.22. The van der Waals surface area contributed by atoms with Gasteiger partial charge < -0.3 is 15.0 Å². The number of hydrogen-bond acceptors (Lipinski definition) is 7. The van der Waals surface area contributed by atoms with E-state index in [-0.39, 0.29) is 12.5 Å². The van der Waals surface area contributed by atoms with Gasteiger partial charge in [0.05, 0.1) is 30.7 Å². The highest BCUT2D eigenvalue weighted by Gasteiger charge is 2.44. The van der Waals surface area contributed by atoms with Crippen molar-refractivity contribution in [3.8, 4) is 17.0 Å². The smallest absolute Gasteiger partial charge is 0.280 e. The van der Waals surface area contributed by atoms with Crippen LogP contribution in [0.2, 0.25) is 0 Å². The number of alkyl halides is 2. The first-order chi connectivity index (χ1) is 14.9. The zero-order valence-electron chi connectivity index (χ0n) is 17.1. The predicted molar refractivity (Wildman–Crippen MR) is 113 cm³/mol. The molecular formula is C21H21F2N7O. The van der Waals surface area contributed by atoms with Crippen LogP contribution in [-0.2, 0) is 0 Å². The Morgan fingerprint density at radius 2 is 1.97 bits per heavy atom. The van der Waals surface area contributed by atoms with Crippen molar-refractivity contribution < 1.29 is 13.5 Å². The van der Waals surface area contributed by atoms with Gasteiger partial charge in [-0.2, -0.15) is 4.98 Å². The molecule has 1 fully saturated rings. The highest BCUT2D eigenvalue weighted by atomic mass is 19.3. The van der Waals surface area contributed by atoms with E-state index >= 15 is 0 Å². The average molecular weight is 425 g/mol. The minimum Gasteiger partial charge on any atom is -0.479 e. The molecule has 4 aromatic rings. The fraction of sp³-hybridized carbons (Fsp3) is 0.333. The minimum atomic E-state index is -2.88. The molecule has 0 amide bonds. The second-order valence-electron chi connectivity index (χ2n) is 7.71. The third kappa shape index (κ3) is 3.52. The molecule has 0 spiro atoms. The topological polar surface area (TPSA) is 80.5 Å². The summed E-state index contributed by atoms with van der Waals surface area (Å²) in [6, 6.07) is 6.62. The number of nitrogens with one attached hydrogen (secondary N) is 1. The third-order valence-corrected chi connectivity index (χ3v) is 5.55. The molecule has 160 valence electrons. The summed E-state index contributed by atoms with van der Waals surface area (Å²) in [5.41, 5.74) is 3.96.